The van der Waals surface area contributed by atoms with Crippen LogP contribution in [-0.2, 0) is 5.66 Å². The Kier molecular flexibility index (Phi) is 2.67. The molecule has 2 aromatic rings. The van der Waals surface area contributed by atoms with Crippen LogP contribution in [0, 0.1) is 0 Å². The predicted molar refractivity (Wildman–Crippen MR) is 81.7 cm³/mol. The molecule has 1 amide bonds. The second-order valence-corrected chi connectivity index (χ2v) is 6.27. The number of amides is 1. The van der Waals surface area contributed by atoms with Crippen LogP contribution in [-0.4, -0.2) is 10.5 Å². The number of aromatic nitrogens is 1. The molecule has 1 aliphatic carbocycles. The first kappa shape index (κ1) is 12.9. The van der Waals surface area contributed by atoms with Gasteiger partial charge in [0.05, 0.1) is 0 Å². The Morgan fingerprint density at radius 3 is 2.43 bits per heavy atom. The largest absolute Gasteiger partial charge is 0.327 e. The fourth-order valence-electron chi connectivity index (χ4n) is 3.76. The lowest BCUT2D eigenvalue weighted by atomic mass is 9.89. The number of halogens is 1. The lowest BCUT2D eigenvalue weighted by Crippen LogP contribution is -2.48. The molecule has 1 N–H and O–H groups in total. The third-order valence-electron chi connectivity index (χ3n) is 4.70. The molecule has 0 unspecified atom stereocenters. The summed E-state index contributed by atoms with van der Waals surface area (Å²) in [7, 11) is 0. The summed E-state index contributed by atoms with van der Waals surface area (Å²) in [5.74, 6) is -0.165. The summed E-state index contributed by atoms with van der Waals surface area (Å²) in [5.41, 5.74) is -0.373. The Labute approximate surface area is 126 Å². The maximum Gasteiger partial charge on any atom is 0.272 e. The van der Waals surface area contributed by atoms with Crippen molar-refractivity contribution < 1.29 is 4.79 Å². The number of rotatable bonds is 0. The fourth-order valence-corrected chi connectivity index (χ4v) is 4.01. The maximum absolute atomic E-state index is 12.7. The van der Waals surface area contributed by atoms with Gasteiger partial charge in [-0.1, -0.05) is 42.3 Å². The van der Waals surface area contributed by atoms with E-state index in [0.717, 1.165) is 37.5 Å². The number of benzene rings is 1. The first-order chi connectivity index (χ1) is 10.1. The Balaban J connectivity index is 2.13. The summed E-state index contributed by atoms with van der Waals surface area (Å²) in [4.78, 5) is 25.2. The van der Waals surface area contributed by atoms with E-state index in [9.17, 15) is 9.59 Å². The molecule has 1 fully saturated rings. The van der Waals surface area contributed by atoms with E-state index in [2.05, 4.69) is 5.32 Å². The van der Waals surface area contributed by atoms with Crippen LogP contribution in [0.15, 0.2) is 29.1 Å². The first-order valence-electron chi connectivity index (χ1n) is 7.30. The first-order valence-corrected chi connectivity index (χ1v) is 7.68. The third-order valence-corrected chi connectivity index (χ3v) is 5.07. The van der Waals surface area contributed by atoms with E-state index in [4.69, 9.17) is 11.6 Å². The molecular weight excluding hydrogens is 288 g/mol. The van der Waals surface area contributed by atoms with Crippen molar-refractivity contribution >= 4 is 28.3 Å². The SMILES string of the molecule is O=C1NC2(CCCCC2)n2c1c1ccccc1c(Cl)c2=O. The van der Waals surface area contributed by atoms with Crippen molar-refractivity contribution in [2.45, 2.75) is 37.8 Å². The zero-order valence-corrected chi connectivity index (χ0v) is 12.2. The van der Waals surface area contributed by atoms with Crippen LogP contribution < -0.4 is 10.9 Å². The van der Waals surface area contributed by atoms with Gasteiger partial charge in [-0.25, -0.2) is 0 Å². The van der Waals surface area contributed by atoms with Crippen molar-refractivity contribution in [3.8, 4) is 0 Å². The molecule has 0 bridgehead atoms. The number of hydrogen-bond acceptors (Lipinski definition) is 2. The van der Waals surface area contributed by atoms with Crippen molar-refractivity contribution in [1.29, 1.82) is 0 Å². The van der Waals surface area contributed by atoms with E-state index < -0.39 is 5.66 Å². The van der Waals surface area contributed by atoms with E-state index in [1.165, 1.54) is 0 Å². The number of hydrogen-bond donors (Lipinski definition) is 1. The van der Waals surface area contributed by atoms with Gasteiger partial charge in [0.25, 0.3) is 11.5 Å². The molecule has 2 heterocycles. The van der Waals surface area contributed by atoms with Crippen LogP contribution in [0.25, 0.3) is 10.8 Å². The highest BCUT2D eigenvalue weighted by Crippen LogP contribution is 2.38. The summed E-state index contributed by atoms with van der Waals surface area (Å²) in [6.45, 7) is 0. The molecule has 108 valence electrons. The monoisotopic (exact) mass is 302 g/mol. The molecule has 0 atom stereocenters. The topological polar surface area (TPSA) is 51.1 Å². The van der Waals surface area contributed by atoms with Crippen LogP contribution in [0.5, 0.6) is 0 Å². The molecule has 0 radical (unpaired) electrons. The van der Waals surface area contributed by atoms with Gasteiger partial charge in [0.15, 0.2) is 0 Å². The lowest BCUT2D eigenvalue weighted by molar-refractivity contribution is 0.0877. The van der Waals surface area contributed by atoms with Crippen molar-refractivity contribution in [3.63, 3.8) is 0 Å². The number of pyridine rings is 1. The molecule has 1 saturated carbocycles. The molecule has 1 aromatic carbocycles. The number of nitrogens with zero attached hydrogens (tertiary/aromatic N) is 1. The summed E-state index contributed by atoms with van der Waals surface area (Å²) in [6, 6.07) is 7.34. The van der Waals surface area contributed by atoms with Crippen LogP contribution in [0.1, 0.15) is 42.6 Å². The Hall–Kier alpha value is -1.81. The Morgan fingerprint density at radius 1 is 1.05 bits per heavy atom. The van der Waals surface area contributed by atoms with Gasteiger partial charge in [0.2, 0.25) is 0 Å². The number of nitrogens with one attached hydrogen (secondary N) is 1. The number of carbonyl (C=O) groups excluding carboxylic acids is 1. The molecule has 0 saturated heterocycles. The summed E-state index contributed by atoms with van der Waals surface area (Å²) in [5, 5.41) is 4.67. The summed E-state index contributed by atoms with van der Waals surface area (Å²) >= 11 is 6.29. The van der Waals surface area contributed by atoms with Gasteiger partial charge < -0.3 is 5.32 Å². The third kappa shape index (κ3) is 1.62. The highest BCUT2D eigenvalue weighted by atomic mass is 35.5. The zero-order valence-electron chi connectivity index (χ0n) is 11.5. The van der Waals surface area contributed by atoms with Crippen LogP contribution in [0.2, 0.25) is 5.02 Å². The molecule has 5 heteroatoms. The van der Waals surface area contributed by atoms with Crippen LogP contribution in [0.3, 0.4) is 0 Å². The normalized spacial score (nSPS) is 19.8. The summed E-state index contributed by atoms with van der Waals surface area (Å²) in [6.07, 6.45) is 4.75. The van der Waals surface area contributed by atoms with E-state index in [0.29, 0.717) is 11.1 Å². The molecule has 21 heavy (non-hydrogen) atoms. The number of fused-ring (bicyclic) bond motifs is 4. The summed E-state index contributed by atoms with van der Waals surface area (Å²) < 4.78 is 1.62. The highest BCUT2D eigenvalue weighted by Gasteiger charge is 2.45. The minimum Gasteiger partial charge on any atom is -0.327 e. The van der Waals surface area contributed by atoms with Gasteiger partial charge in [-0.05, 0) is 25.7 Å². The standard InChI is InChI=1S/C16H15ClN2O2/c17-12-10-6-2-3-7-11(10)13-14(20)18-16(19(13)15(12)21)8-4-1-5-9-16/h2-3,6-7H,1,4-5,8-9H2,(H,18,20). The second kappa shape index (κ2) is 4.34. The molecule has 4 nitrogen and oxygen atoms in total. The van der Waals surface area contributed by atoms with E-state index >= 15 is 0 Å². The molecule has 1 spiro atoms. The van der Waals surface area contributed by atoms with E-state index in [1.807, 2.05) is 18.2 Å². The maximum atomic E-state index is 12.7. The zero-order chi connectivity index (χ0) is 14.6. The van der Waals surface area contributed by atoms with Crippen molar-refractivity contribution in [2.24, 2.45) is 0 Å². The van der Waals surface area contributed by atoms with Gasteiger partial charge in [-0.15, -0.1) is 0 Å². The van der Waals surface area contributed by atoms with Crippen molar-refractivity contribution in [2.75, 3.05) is 0 Å². The molecule has 4 rings (SSSR count). The van der Waals surface area contributed by atoms with Crippen molar-refractivity contribution in [1.82, 2.24) is 9.88 Å². The van der Waals surface area contributed by atoms with Gasteiger partial charge in [-0.3, -0.25) is 14.2 Å². The average Bonchev–Trinajstić information content (AvgIpc) is 2.78. The van der Waals surface area contributed by atoms with Gasteiger partial charge in [-0.2, -0.15) is 0 Å². The minimum atomic E-state index is -0.574. The highest BCUT2D eigenvalue weighted by molar-refractivity contribution is 6.36. The average molecular weight is 303 g/mol. The van der Waals surface area contributed by atoms with Gasteiger partial charge >= 0.3 is 0 Å². The number of carbonyl (C=O) groups is 1. The molecule has 2 aliphatic rings. The molecule has 1 aliphatic heterocycles. The minimum absolute atomic E-state index is 0.165. The fraction of sp³-hybridized carbons (Fsp3) is 0.375. The van der Waals surface area contributed by atoms with Gasteiger partial charge in [0, 0.05) is 10.8 Å². The van der Waals surface area contributed by atoms with E-state index in [-0.39, 0.29) is 16.5 Å². The Morgan fingerprint density at radius 2 is 1.71 bits per heavy atom. The lowest BCUT2D eigenvalue weighted by Gasteiger charge is -2.35. The van der Waals surface area contributed by atoms with Crippen LogP contribution >= 0.6 is 11.6 Å². The smallest absolute Gasteiger partial charge is 0.272 e. The predicted octanol–water partition coefficient (Wildman–Crippen LogP) is 3.02. The van der Waals surface area contributed by atoms with E-state index in [1.54, 1.807) is 10.6 Å². The molecule has 1 aromatic heterocycles. The quantitative estimate of drug-likeness (QED) is 0.813. The second-order valence-electron chi connectivity index (χ2n) is 5.90. The van der Waals surface area contributed by atoms with Crippen molar-refractivity contribution in [3.05, 3.63) is 45.3 Å². The Bertz CT molecular complexity index is 819. The van der Waals surface area contributed by atoms with Crippen LogP contribution in [0.4, 0.5) is 0 Å². The molecular formula is C16H15ClN2O2. The van der Waals surface area contributed by atoms with Gasteiger partial charge in [0.1, 0.15) is 16.4 Å².